The number of nitrogens with zero attached hydrogens (tertiary/aromatic N) is 2. The second kappa shape index (κ2) is 9.22. The first kappa shape index (κ1) is 20.3. The van der Waals surface area contributed by atoms with E-state index in [4.69, 9.17) is 0 Å². The molecule has 1 saturated carbocycles. The van der Waals surface area contributed by atoms with Crippen LogP contribution in [-0.4, -0.2) is 48.4 Å². The predicted octanol–water partition coefficient (Wildman–Crippen LogP) is 2.27. The van der Waals surface area contributed by atoms with E-state index in [0.29, 0.717) is 24.3 Å². The molecule has 2 N–H and O–H groups in total. The van der Waals surface area contributed by atoms with E-state index >= 15 is 0 Å². The molecule has 6 nitrogen and oxygen atoms in total. The molecule has 30 heavy (non-hydrogen) atoms. The number of benzene rings is 1. The molecule has 1 aliphatic carbocycles. The van der Waals surface area contributed by atoms with Gasteiger partial charge in [0, 0.05) is 45.2 Å². The van der Waals surface area contributed by atoms with Crippen molar-refractivity contribution in [2.75, 3.05) is 26.7 Å². The van der Waals surface area contributed by atoms with Crippen molar-refractivity contribution in [2.24, 2.45) is 17.8 Å². The number of hydrogen-bond donors (Lipinski definition) is 2. The van der Waals surface area contributed by atoms with Gasteiger partial charge in [0.15, 0.2) is 0 Å². The molecule has 0 radical (unpaired) electrons. The van der Waals surface area contributed by atoms with E-state index in [1.165, 1.54) is 0 Å². The zero-order chi connectivity index (χ0) is 20.9. The lowest BCUT2D eigenvalue weighted by molar-refractivity contribution is -0.126. The summed E-state index contributed by atoms with van der Waals surface area (Å²) in [7, 11) is 1.70. The Balaban J connectivity index is 1.23. The lowest BCUT2D eigenvalue weighted by Crippen LogP contribution is -2.39. The van der Waals surface area contributed by atoms with E-state index in [9.17, 15) is 9.59 Å². The van der Waals surface area contributed by atoms with Crippen molar-refractivity contribution < 1.29 is 9.59 Å². The largest absolute Gasteiger partial charge is 0.358 e. The van der Waals surface area contributed by atoms with Crippen LogP contribution in [0.2, 0.25) is 0 Å². The van der Waals surface area contributed by atoms with Gasteiger partial charge in [0.05, 0.1) is 0 Å². The molecule has 1 aromatic heterocycles. The van der Waals surface area contributed by atoms with Crippen LogP contribution >= 0.6 is 0 Å². The number of fused-ring (bicyclic) bond motifs is 1. The molecule has 0 bridgehead atoms. The molecule has 156 valence electrons. The van der Waals surface area contributed by atoms with Crippen LogP contribution < -0.4 is 10.6 Å². The fraction of sp³-hybridized carbons (Fsp3) is 0.375. The number of nitrogens with one attached hydrogen (secondary N) is 2. The lowest BCUT2D eigenvalue weighted by Gasteiger charge is -2.29. The summed E-state index contributed by atoms with van der Waals surface area (Å²) in [5.41, 5.74) is 1.95. The zero-order valence-electron chi connectivity index (χ0n) is 17.2. The molecule has 1 aliphatic heterocycles. The van der Waals surface area contributed by atoms with Crippen molar-refractivity contribution >= 4 is 17.9 Å². The van der Waals surface area contributed by atoms with Gasteiger partial charge in [-0.15, -0.1) is 0 Å². The first-order valence-electron chi connectivity index (χ1n) is 10.5. The Morgan fingerprint density at radius 2 is 1.93 bits per heavy atom. The third-order valence-electron chi connectivity index (χ3n) is 6.26. The second-order valence-electron chi connectivity index (χ2n) is 8.07. The van der Waals surface area contributed by atoms with Crippen molar-refractivity contribution in [3.05, 3.63) is 72.1 Å². The average molecular weight is 405 g/mol. The van der Waals surface area contributed by atoms with Crippen LogP contribution in [0.1, 0.15) is 23.6 Å². The van der Waals surface area contributed by atoms with E-state index in [0.717, 1.165) is 30.6 Å². The Bertz CT molecular complexity index is 888. The van der Waals surface area contributed by atoms with Gasteiger partial charge in [0.2, 0.25) is 11.8 Å². The van der Waals surface area contributed by atoms with Gasteiger partial charge in [-0.3, -0.25) is 19.5 Å². The fourth-order valence-corrected chi connectivity index (χ4v) is 4.69. The van der Waals surface area contributed by atoms with Gasteiger partial charge in [-0.05, 0) is 47.4 Å². The Morgan fingerprint density at radius 1 is 1.17 bits per heavy atom. The summed E-state index contributed by atoms with van der Waals surface area (Å²) in [5.74, 6) is 1.87. The second-order valence-corrected chi connectivity index (χ2v) is 8.07. The number of likely N-dealkylation sites (tertiary alicyclic amines) is 1. The highest BCUT2D eigenvalue weighted by molar-refractivity contribution is 5.91. The van der Waals surface area contributed by atoms with Crippen LogP contribution in [0.4, 0.5) is 0 Å². The smallest absolute Gasteiger partial charge is 0.244 e. The highest BCUT2D eigenvalue weighted by Crippen LogP contribution is 2.54. The van der Waals surface area contributed by atoms with Gasteiger partial charge in [-0.25, -0.2) is 0 Å². The van der Waals surface area contributed by atoms with Gasteiger partial charge in [-0.1, -0.05) is 36.4 Å². The maximum atomic E-state index is 12.5. The van der Waals surface area contributed by atoms with Crippen molar-refractivity contribution in [3.8, 4) is 0 Å². The number of piperidine rings is 1. The summed E-state index contributed by atoms with van der Waals surface area (Å²) in [6.07, 6.45) is 7.75. The van der Waals surface area contributed by atoms with Gasteiger partial charge >= 0.3 is 0 Å². The molecular formula is C24H28N4O2. The number of rotatable bonds is 8. The Labute approximate surface area is 177 Å². The van der Waals surface area contributed by atoms with E-state index in [2.05, 4.69) is 20.5 Å². The summed E-state index contributed by atoms with van der Waals surface area (Å²) in [6.45, 7) is 2.57. The molecule has 1 saturated heterocycles. The van der Waals surface area contributed by atoms with E-state index < -0.39 is 0 Å². The SMILES string of the molecule is CNC(=O)C(c1ccccc1)N1C[C@@H]2C(CCNC(=O)/C=C/c3cccnc3)[C@@H]2C1. The number of carbonyl (C=O) groups excluding carboxylic acids is 2. The van der Waals surface area contributed by atoms with Crippen molar-refractivity contribution in [2.45, 2.75) is 12.5 Å². The predicted molar refractivity (Wildman–Crippen MR) is 116 cm³/mol. The van der Waals surface area contributed by atoms with Crippen LogP contribution in [0.15, 0.2) is 60.9 Å². The fourth-order valence-electron chi connectivity index (χ4n) is 4.69. The third-order valence-corrected chi connectivity index (χ3v) is 6.26. The highest BCUT2D eigenvalue weighted by atomic mass is 16.2. The Hall–Kier alpha value is -2.99. The molecule has 2 fully saturated rings. The lowest BCUT2D eigenvalue weighted by atomic mass is 10.0. The van der Waals surface area contributed by atoms with Crippen molar-refractivity contribution in [3.63, 3.8) is 0 Å². The maximum absolute atomic E-state index is 12.5. The van der Waals surface area contributed by atoms with Crippen LogP contribution in [0.25, 0.3) is 6.08 Å². The minimum absolute atomic E-state index is 0.0479. The summed E-state index contributed by atoms with van der Waals surface area (Å²) in [4.78, 5) is 30.8. The molecule has 6 heteroatoms. The molecular weight excluding hydrogens is 376 g/mol. The minimum atomic E-state index is -0.220. The number of hydrogen-bond acceptors (Lipinski definition) is 4. The topological polar surface area (TPSA) is 74.3 Å². The molecule has 2 aliphatic rings. The van der Waals surface area contributed by atoms with Crippen LogP contribution in [0.3, 0.4) is 0 Å². The molecule has 1 aromatic carbocycles. The molecule has 2 amide bonds. The zero-order valence-corrected chi connectivity index (χ0v) is 17.2. The molecule has 4 rings (SSSR count). The molecule has 4 atom stereocenters. The van der Waals surface area contributed by atoms with E-state index in [1.807, 2.05) is 42.5 Å². The Morgan fingerprint density at radius 3 is 2.60 bits per heavy atom. The first-order valence-corrected chi connectivity index (χ1v) is 10.5. The summed E-state index contributed by atoms with van der Waals surface area (Å²) < 4.78 is 0. The average Bonchev–Trinajstić information content (AvgIpc) is 3.23. The van der Waals surface area contributed by atoms with Gasteiger partial charge in [0.25, 0.3) is 0 Å². The minimum Gasteiger partial charge on any atom is -0.358 e. The third kappa shape index (κ3) is 4.60. The summed E-state index contributed by atoms with van der Waals surface area (Å²) in [5, 5.41) is 5.79. The Kier molecular flexibility index (Phi) is 6.23. The first-order chi connectivity index (χ1) is 14.7. The van der Waals surface area contributed by atoms with Gasteiger partial charge in [-0.2, -0.15) is 0 Å². The van der Waals surface area contributed by atoms with Crippen molar-refractivity contribution in [1.82, 2.24) is 20.5 Å². The molecule has 0 spiro atoms. The summed E-state index contributed by atoms with van der Waals surface area (Å²) >= 11 is 0. The number of pyridine rings is 1. The van der Waals surface area contributed by atoms with Crippen molar-refractivity contribution in [1.29, 1.82) is 0 Å². The van der Waals surface area contributed by atoms with Crippen LogP contribution in [0, 0.1) is 17.8 Å². The summed E-state index contributed by atoms with van der Waals surface area (Å²) in [6, 6.07) is 13.5. The van der Waals surface area contributed by atoms with Gasteiger partial charge < -0.3 is 10.6 Å². The van der Waals surface area contributed by atoms with Crippen LogP contribution in [-0.2, 0) is 9.59 Å². The van der Waals surface area contributed by atoms with E-state index in [-0.39, 0.29) is 17.9 Å². The normalized spacial score (nSPS) is 23.7. The standard InChI is InChI=1S/C24H28N4O2/c1-25-24(30)23(18-7-3-2-4-8-18)28-15-20-19(21(20)16-28)11-13-27-22(29)10-9-17-6-5-12-26-14-17/h2-10,12,14,19-21,23H,11,13,15-16H2,1H3,(H,25,30)(H,27,29)/b10-9+/t19?,20-,21+,23?. The highest BCUT2D eigenvalue weighted by Gasteiger charge is 2.56. The quantitative estimate of drug-likeness (QED) is 0.662. The van der Waals surface area contributed by atoms with E-state index in [1.54, 1.807) is 31.6 Å². The number of amides is 2. The van der Waals surface area contributed by atoms with Crippen LogP contribution in [0.5, 0.6) is 0 Å². The number of aromatic nitrogens is 1. The van der Waals surface area contributed by atoms with Gasteiger partial charge in [0.1, 0.15) is 6.04 Å². The monoisotopic (exact) mass is 404 g/mol. The molecule has 2 heterocycles. The maximum Gasteiger partial charge on any atom is 0.244 e. The molecule has 2 unspecified atom stereocenters. The molecule has 2 aromatic rings. The number of likely N-dealkylation sites (N-methyl/N-ethyl adjacent to an activating group) is 1. The number of carbonyl (C=O) groups is 2.